The Kier molecular flexibility index (Phi) is 4.35. The lowest BCUT2D eigenvalue weighted by atomic mass is 10.2. The van der Waals surface area contributed by atoms with E-state index >= 15 is 0 Å². The molecule has 1 fully saturated rings. The molecular formula is C14H22N4O. The summed E-state index contributed by atoms with van der Waals surface area (Å²) < 4.78 is 0. The van der Waals surface area contributed by atoms with Gasteiger partial charge in [-0.25, -0.2) is 9.97 Å². The standard InChI is InChI=1S/C14H22N4O/c1-11(2)14(19)18-8-4-7-17(9-10-18)13-5-6-15-12(3)16-13/h5-6,11H,4,7-10H2,1-3H3. The van der Waals surface area contributed by atoms with Crippen LogP contribution >= 0.6 is 0 Å². The summed E-state index contributed by atoms with van der Waals surface area (Å²) in [5.74, 6) is 2.08. The second-order valence-corrected chi connectivity index (χ2v) is 5.28. The normalized spacial score (nSPS) is 16.6. The van der Waals surface area contributed by atoms with Crippen LogP contribution < -0.4 is 4.90 Å². The third-order valence-corrected chi connectivity index (χ3v) is 3.39. The van der Waals surface area contributed by atoms with Crippen molar-refractivity contribution in [1.82, 2.24) is 14.9 Å². The summed E-state index contributed by atoms with van der Waals surface area (Å²) in [6.45, 7) is 9.22. The average molecular weight is 262 g/mol. The van der Waals surface area contributed by atoms with Crippen molar-refractivity contribution in [2.24, 2.45) is 5.92 Å². The maximum absolute atomic E-state index is 12.0. The van der Waals surface area contributed by atoms with Crippen LogP contribution in [0.1, 0.15) is 26.1 Å². The van der Waals surface area contributed by atoms with E-state index in [0.717, 1.165) is 44.2 Å². The van der Waals surface area contributed by atoms with E-state index in [4.69, 9.17) is 0 Å². The van der Waals surface area contributed by atoms with Crippen LogP contribution in [0.15, 0.2) is 12.3 Å². The van der Waals surface area contributed by atoms with Gasteiger partial charge in [0.05, 0.1) is 0 Å². The summed E-state index contributed by atoms with van der Waals surface area (Å²) in [6.07, 6.45) is 2.78. The molecule has 5 nitrogen and oxygen atoms in total. The quantitative estimate of drug-likeness (QED) is 0.810. The number of carbonyl (C=O) groups is 1. The molecule has 0 unspecified atom stereocenters. The maximum atomic E-state index is 12.0. The van der Waals surface area contributed by atoms with Gasteiger partial charge in [-0.2, -0.15) is 0 Å². The van der Waals surface area contributed by atoms with Crippen molar-refractivity contribution in [1.29, 1.82) is 0 Å². The Labute approximate surface area is 114 Å². The Morgan fingerprint density at radius 3 is 2.74 bits per heavy atom. The van der Waals surface area contributed by atoms with Gasteiger partial charge < -0.3 is 9.80 Å². The van der Waals surface area contributed by atoms with E-state index in [1.807, 2.05) is 31.7 Å². The van der Waals surface area contributed by atoms with Gasteiger partial charge in [-0.05, 0) is 19.4 Å². The first-order chi connectivity index (χ1) is 9.08. The molecule has 0 spiro atoms. The third kappa shape index (κ3) is 3.43. The van der Waals surface area contributed by atoms with Crippen molar-refractivity contribution >= 4 is 11.7 Å². The zero-order valence-electron chi connectivity index (χ0n) is 12.0. The molecule has 0 atom stereocenters. The Hall–Kier alpha value is -1.65. The van der Waals surface area contributed by atoms with Gasteiger partial charge in [-0.3, -0.25) is 4.79 Å². The Balaban J connectivity index is 2.02. The van der Waals surface area contributed by atoms with Gasteiger partial charge in [0.15, 0.2) is 0 Å². The second-order valence-electron chi connectivity index (χ2n) is 5.28. The number of amides is 1. The van der Waals surface area contributed by atoms with Crippen molar-refractivity contribution in [2.75, 3.05) is 31.1 Å². The Bertz CT molecular complexity index is 447. The van der Waals surface area contributed by atoms with Crippen LogP contribution in [0, 0.1) is 12.8 Å². The molecule has 0 aromatic carbocycles. The SMILES string of the molecule is Cc1nccc(N2CCCN(C(=O)C(C)C)CC2)n1. The lowest BCUT2D eigenvalue weighted by Gasteiger charge is -2.24. The predicted molar refractivity (Wildman–Crippen MR) is 75.0 cm³/mol. The van der Waals surface area contributed by atoms with E-state index in [9.17, 15) is 4.79 Å². The smallest absolute Gasteiger partial charge is 0.225 e. The monoisotopic (exact) mass is 262 g/mol. The minimum absolute atomic E-state index is 0.0767. The van der Waals surface area contributed by atoms with Crippen molar-refractivity contribution in [3.05, 3.63) is 18.1 Å². The van der Waals surface area contributed by atoms with Gasteiger partial charge in [-0.15, -0.1) is 0 Å². The fraction of sp³-hybridized carbons (Fsp3) is 0.643. The summed E-state index contributed by atoms with van der Waals surface area (Å²) in [7, 11) is 0. The largest absolute Gasteiger partial charge is 0.355 e. The molecule has 1 aliphatic heterocycles. The summed E-state index contributed by atoms with van der Waals surface area (Å²) in [6, 6.07) is 1.94. The van der Waals surface area contributed by atoms with Gasteiger partial charge in [0.2, 0.25) is 5.91 Å². The van der Waals surface area contributed by atoms with E-state index in [0.29, 0.717) is 0 Å². The van der Waals surface area contributed by atoms with E-state index in [-0.39, 0.29) is 11.8 Å². The molecule has 1 aromatic rings. The highest BCUT2D eigenvalue weighted by Crippen LogP contribution is 2.14. The molecule has 104 valence electrons. The van der Waals surface area contributed by atoms with Crippen molar-refractivity contribution < 1.29 is 4.79 Å². The van der Waals surface area contributed by atoms with Crippen molar-refractivity contribution in [3.63, 3.8) is 0 Å². The van der Waals surface area contributed by atoms with Crippen LogP contribution in [0.3, 0.4) is 0 Å². The number of anilines is 1. The van der Waals surface area contributed by atoms with Crippen LogP contribution in [-0.4, -0.2) is 47.0 Å². The van der Waals surface area contributed by atoms with E-state index in [1.54, 1.807) is 6.20 Å². The number of hydrogen-bond acceptors (Lipinski definition) is 4. The number of rotatable bonds is 2. The summed E-state index contributed by atoms with van der Waals surface area (Å²) in [5.41, 5.74) is 0. The number of aromatic nitrogens is 2. The first-order valence-electron chi connectivity index (χ1n) is 6.91. The molecule has 1 aliphatic rings. The minimum Gasteiger partial charge on any atom is -0.355 e. The molecule has 1 saturated heterocycles. The number of nitrogens with zero attached hydrogens (tertiary/aromatic N) is 4. The van der Waals surface area contributed by atoms with Crippen LogP contribution in [0.25, 0.3) is 0 Å². The molecule has 5 heteroatoms. The molecule has 19 heavy (non-hydrogen) atoms. The Morgan fingerprint density at radius 1 is 1.26 bits per heavy atom. The maximum Gasteiger partial charge on any atom is 0.225 e. The van der Waals surface area contributed by atoms with Gasteiger partial charge in [-0.1, -0.05) is 13.8 Å². The van der Waals surface area contributed by atoms with Crippen molar-refractivity contribution in [3.8, 4) is 0 Å². The van der Waals surface area contributed by atoms with E-state index in [2.05, 4.69) is 14.9 Å². The van der Waals surface area contributed by atoms with Crippen LogP contribution in [-0.2, 0) is 4.79 Å². The minimum atomic E-state index is 0.0767. The van der Waals surface area contributed by atoms with Gasteiger partial charge in [0.25, 0.3) is 0 Å². The highest BCUT2D eigenvalue weighted by molar-refractivity contribution is 5.78. The van der Waals surface area contributed by atoms with Crippen molar-refractivity contribution in [2.45, 2.75) is 27.2 Å². The number of hydrogen-bond donors (Lipinski definition) is 0. The molecule has 1 amide bonds. The molecule has 2 rings (SSSR count). The summed E-state index contributed by atoms with van der Waals surface area (Å²) in [4.78, 5) is 24.8. The first-order valence-corrected chi connectivity index (χ1v) is 6.91. The molecule has 0 aliphatic carbocycles. The van der Waals surface area contributed by atoms with Crippen LogP contribution in [0.4, 0.5) is 5.82 Å². The van der Waals surface area contributed by atoms with Crippen LogP contribution in [0.5, 0.6) is 0 Å². The van der Waals surface area contributed by atoms with E-state index < -0.39 is 0 Å². The average Bonchev–Trinajstić information content (AvgIpc) is 2.63. The fourth-order valence-corrected chi connectivity index (χ4v) is 2.35. The third-order valence-electron chi connectivity index (χ3n) is 3.39. The molecule has 0 radical (unpaired) electrons. The molecule has 0 bridgehead atoms. The molecule has 2 heterocycles. The summed E-state index contributed by atoms with van der Waals surface area (Å²) >= 11 is 0. The van der Waals surface area contributed by atoms with Gasteiger partial charge in [0, 0.05) is 38.3 Å². The lowest BCUT2D eigenvalue weighted by Crippen LogP contribution is -2.37. The van der Waals surface area contributed by atoms with Crippen LogP contribution in [0.2, 0.25) is 0 Å². The second kappa shape index (κ2) is 5.99. The fourth-order valence-electron chi connectivity index (χ4n) is 2.35. The zero-order valence-corrected chi connectivity index (χ0v) is 12.0. The molecule has 0 saturated carbocycles. The first kappa shape index (κ1) is 13.8. The van der Waals surface area contributed by atoms with Gasteiger partial charge in [0.1, 0.15) is 11.6 Å². The predicted octanol–water partition coefficient (Wildman–Crippen LogP) is 1.48. The number of aryl methyl sites for hydroxylation is 1. The summed E-state index contributed by atoms with van der Waals surface area (Å²) in [5, 5.41) is 0. The highest BCUT2D eigenvalue weighted by Gasteiger charge is 2.21. The highest BCUT2D eigenvalue weighted by atomic mass is 16.2. The Morgan fingerprint density at radius 2 is 2.05 bits per heavy atom. The topological polar surface area (TPSA) is 49.3 Å². The molecule has 0 N–H and O–H groups in total. The van der Waals surface area contributed by atoms with E-state index in [1.165, 1.54) is 0 Å². The van der Waals surface area contributed by atoms with Gasteiger partial charge >= 0.3 is 0 Å². The molecule has 1 aromatic heterocycles. The lowest BCUT2D eigenvalue weighted by molar-refractivity contribution is -0.134. The molecular weight excluding hydrogens is 240 g/mol. The zero-order chi connectivity index (χ0) is 13.8. The number of carbonyl (C=O) groups excluding carboxylic acids is 1.